The van der Waals surface area contributed by atoms with Crippen LogP contribution in [0.25, 0.3) is 28.3 Å². The van der Waals surface area contributed by atoms with E-state index >= 15 is 0 Å². The molecule has 4 aromatic rings. The summed E-state index contributed by atoms with van der Waals surface area (Å²) in [6.07, 6.45) is 4.85. The predicted octanol–water partition coefficient (Wildman–Crippen LogP) is 4.34. The standard InChI is InChI=1S/C29H33FN6O/c1-19(2)26(17-37)31-13-20-9-10-34(14-20)25-7-8-27-23(11-25)16-35-15-22(21-3-5-24(30)6-4-21)12-28(35)29-32-18-33-36(27)29/h3-8,11-12,15,18-20,26,31,37H,9-10,13-14,16-17H2,1-2H3/t20-,26-/m1/s1. The van der Waals surface area contributed by atoms with Gasteiger partial charge in [-0.25, -0.2) is 14.1 Å². The second-order valence-electron chi connectivity index (χ2n) is 10.6. The van der Waals surface area contributed by atoms with E-state index in [0.717, 1.165) is 54.4 Å². The lowest BCUT2D eigenvalue weighted by atomic mass is 10.0. The molecule has 37 heavy (non-hydrogen) atoms. The van der Waals surface area contributed by atoms with Crippen molar-refractivity contribution in [3.63, 3.8) is 0 Å². The summed E-state index contributed by atoms with van der Waals surface area (Å²) in [5.41, 5.74) is 6.45. The predicted molar refractivity (Wildman–Crippen MR) is 143 cm³/mol. The van der Waals surface area contributed by atoms with Crippen molar-refractivity contribution in [3.05, 3.63) is 72.4 Å². The maximum Gasteiger partial charge on any atom is 0.179 e. The molecule has 0 bridgehead atoms. The van der Waals surface area contributed by atoms with Gasteiger partial charge in [0.2, 0.25) is 0 Å². The summed E-state index contributed by atoms with van der Waals surface area (Å²) >= 11 is 0. The summed E-state index contributed by atoms with van der Waals surface area (Å²) in [6.45, 7) is 8.11. The molecule has 192 valence electrons. The fourth-order valence-electron chi connectivity index (χ4n) is 5.57. The fraction of sp³-hybridized carbons (Fsp3) is 0.379. The lowest BCUT2D eigenvalue weighted by Crippen LogP contribution is -2.40. The molecule has 2 aromatic carbocycles. The van der Waals surface area contributed by atoms with Crippen molar-refractivity contribution in [3.8, 4) is 28.3 Å². The number of anilines is 1. The van der Waals surface area contributed by atoms with Crippen LogP contribution in [0.15, 0.2) is 61.1 Å². The molecule has 7 nitrogen and oxygen atoms in total. The molecule has 0 spiro atoms. The Kier molecular flexibility index (Phi) is 6.30. The number of nitrogens with zero attached hydrogens (tertiary/aromatic N) is 5. The lowest BCUT2D eigenvalue weighted by molar-refractivity contribution is 0.206. The number of nitrogens with one attached hydrogen (secondary N) is 1. The van der Waals surface area contributed by atoms with Gasteiger partial charge in [0.25, 0.3) is 0 Å². The Hall–Kier alpha value is -3.49. The largest absolute Gasteiger partial charge is 0.395 e. The molecule has 4 heterocycles. The minimum absolute atomic E-state index is 0.147. The van der Waals surface area contributed by atoms with E-state index in [-0.39, 0.29) is 18.5 Å². The van der Waals surface area contributed by atoms with Crippen LogP contribution in [0.1, 0.15) is 25.8 Å². The van der Waals surface area contributed by atoms with Crippen molar-refractivity contribution in [1.82, 2.24) is 24.6 Å². The van der Waals surface area contributed by atoms with Crippen LogP contribution in [0.2, 0.25) is 0 Å². The highest BCUT2D eigenvalue weighted by atomic mass is 19.1. The zero-order chi connectivity index (χ0) is 25.5. The number of hydrogen-bond acceptors (Lipinski definition) is 5. The van der Waals surface area contributed by atoms with Crippen LogP contribution in [0, 0.1) is 17.7 Å². The van der Waals surface area contributed by atoms with Crippen LogP contribution in [0.5, 0.6) is 0 Å². The Balaban J connectivity index is 1.26. The molecule has 1 saturated heterocycles. The number of aliphatic hydroxyl groups is 1. The second-order valence-corrected chi connectivity index (χ2v) is 10.6. The summed E-state index contributed by atoms with van der Waals surface area (Å²) in [5, 5.41) is 17.7. The van der Waals surface area contributed by atoms with Gasteiger partial charge in [-0.15, -0.1) is 0 Å². The molecule has 2 aliphatic rings. The molecular formula is C29H33FN6O. The number of halogens is 1. The van der Waals surface area contributed by atoms with Gasteiger partial charge in [0.15, 0.2) is 5.82 Å². The van der Waals surface area contributed by atoms with Crippen LogP contribution in [0.4, 0.5) is 10.1 Å². The molecule has 0 amide bonds. The zero-order valence-electron chi connectivity index (χ0n) is 21.3. The Morgan fingerprint density at radius 3 is 2.73 bits per heavy atom. The van der Waals surface area contributed by atoms with Gasteiger partial charge in [0.05, 0.1) is 18.0 Å². The summed E-state index contributed by atoms with van der Waals surface area (Å²) in [5.74, 6) is 1.54. The fourth-order valence-corrected chi connectivity index (χ4v) is 5.57. The van der Waals surface area contributed by atoms with Crippen LogP contribution < -0.4 is 10.2 Å². The highest BCUT2D eigenvalue weighted by Gasteiger charge is 2.26. The van der Waals surface area contributed by atoms with Gasteiger partial charge in [0, 0.05) is 49.7 Å². The molecule has 0 saturated carbocycles. The average molecular weight is 501 g/mol. The first-order valence-electron chi connectivity index (χ1n) is 13.1. The van der Waals surface area contributed by atoms with Gasteiger partial charge in [-0.2, -0.15) is 5.10 Å². The van der Waals surface area contributed by atoms with E-state index in [1.165, 1.54) is 23.4 Å². The van der Waals surface area contributed by atoms with Crippen molar-refractivity contribution in [2.75, 3.05) is 31.1 Å². The highest BCUT2D eigenvalue weighted by molar-refractivity contribution is 5.71. The molecule has 0 radical (unpaired) electrons. The normalized spacial score (nSPS) is 17.4. The monoisotopic (exact) mass is 500 g/mol. The molecule has 2 atom stereocenters. The number of rotatable bonds is 7. The first kappa shape index (κ1) is 23.9. The lowest BCUT2D eigenvalue weighted by Gasteiger charge is -2.23. The topological polar surface area (TPSA) is 71.1 Å². The van der Waals surface area contributed by atoms with E-state index < -0.39 is 0 Å². The van der Waals surface area contributed by atoms with E-state index in [1.807, 2.05) is 16.8 Å². The van der Waals surface area contributed by atoms with Gasteiger partial charge >= 0.3 is 0 Å². The Labute approximate surface area is 216 Å². The van der Waals surface area contributed by atoms with Gasteiger partial charge in [-0.05, 0) is 65.8 Å². The smallest absolute Gasteiger partial charge is 0.179 e. The first-order chi connectivity index (χ1) is 18.0. The molecule has 2 N–H and O–H groups in total. The maximum absolute atomic E-state index is 13.5. The average Bonchev–Trinajstić information content (AvgIpc) is 3.63. The van der Waals surface area contributed by atoms with Gasteiger partial charge in [-0.3, -0.25) is 0 Å². The van der Waals surface area contributed by atoms with Crippen molar-refractivity contribution < 1.29 is 9.50 Å². The van der Waals surface area contributed by atoms with Crippen molar-refractivity contribution in [2.45, 2.75) is 32.9 Å². The maximum atomic E-state index is 13.5. The quantitative estimate of drug-likeness (QED) is 0.348. The third-order valence-corrected chi connectivity index (χ3v) is 7.80. The van der Waals surface area contributed by atoms with E-state index in [1.54, 1.807) is 6.33 Å². The van der Waals surface area contributed by atoms with Gasteiger partial charge in [0.1, 0.15) is 12.1 Å². The molecule has 1 fully saturated rings. The Morgan fingerprint density at radius 2 is 1.95 bits per heavy atom. The summed E-state index contributed by atoms with van der Waals surface area (Å²) in [7, 11) is 0. The molecule has 0 unspecified atom stereocenters. The zero-order valence-corrected chi connectivity index (χ0v) is 21.3. The van der Waals surface area contributed by atoms with Crippen molar-refractivity contribution in [2.24, 2.45) is 11.8 Å². The van der Waals surface area contributed by atoms with Crippen LogP contribution in [0.3, 0.4) is 0 Å². The van der Waals surface area contributed by atoms with Crippen molar-refractivity contribution >= 4 is 5.69 Å². The van der Waals surface area contributed by atoms with Crippen LogP contribution in [-0.2, 0) is 6.54 Å². The highest BCUT2D eigenvalue weighted by Crippen LogP contribution is 2.35. The minimum atomic E-state index is -0.237. The van der Waals surface area contributed by atoms with Crippen LogP contribution >= 0.6 is 0 Å². The van der Waals surface area contributed by atoms with Crippen LogP contribution in [-0.4, -0.2) is 56.7 Å². The Bertz CT molecular complexity index is 1390. The second kappa shape index (κ2) is 9.76. The third-order valence-electron chi connectivity index (χ3n) is 7.80. The van der Waals surface area contributed by atoms with E-state index in [9.17, 15) is 9.50 Å². The van der Waals surface area contributed by atoms with Gasteiger partial charge < -0.3 is 19.9 Å². The van der Waals surface area contributed by atoms with E-state index in [2.05, 4.69) is 69.2 Å². The number of aromatic nitrogens is 4. The minimum Gasteiger partial charge on any atom is -0.395 e. The molecular weight excluding hydrogens is 467 g/mol. The van der Waals surface area contributed by atoms with E-state index in [4.69, 9.17) is 0 Å². The molecule has 2 aromatic heterocycles. The summed E-state index contributed by atoms with van der Waals surface area (Å²) in [6, 6.07) is 15.5. The summed E-state index contributed by atoms with van der Waals surface area (Å²) in [4.78, 5) is 7.04. The van der Waals surface area contributed by atoms with Crippen molar-refractivity contribution in [1.29, 1.82) is 0 Å². The molecule has 0 aliphatic carbocycles. The molecule has 8 heteroatoms. The third kappa shape index (κ3) is 4.55. The number of hydrogen-bond donors (Lipinski definition) is 2. The first-order valence-corrected chi connectivity index (χ1v) is 13.1. The number of fused-ring (bicyclic) bond motifs is 5. The molecule has 6 rings (SSSR count). The Morgan fingerprint density at radius 1 is 1.11 bits per heavy atom. The summed E-state index contributed by atoms with van der Waals surface area (Å²) < 4.78 is 17.6. The molecule has 2 aliphatic heterocycles. The number of benzene rings is 2. The van der Waals surface area contributed by atoms with Gasteiger partial charge in [-0.1, -0.05) is 26.0 Å². The number of aliphatic hydroxyl groups excluding tert-OH is 1. The van der Waals surface area contributed by atoms with E-state index in [0.29, 0.717) is 18.4 Å². The SMILES string of the molecule is CC(C)[C@@H](CO)NC[C@H]1CCN(c2ccc3c(c2)Cn2cc(-c4ccc(F)cc4)cc2-c2ncnn2-3)C1.